The number of nitrogens with one attached hydrogen (secondary N) is 1. The number of amides is 2. The zero-order valence-corrected chi connectivity index (χ0v) is 13.3. The molecule has 2 aliphatic rings. The Labute approximate surface area is 126 Å². The minimum atomic E-state index is -0.983. The van der Waals surface area contributed by atoms with Gasteiger partial charge in [0.05, 0.1) is 0 Å². The van der Waals surface area contributed by atoms with Crippen molar-refractivity contribution in [3.05, 3.63) is 0 Å². The lowest BCUT2D eigenvalue weighted by atomic mass is 9.87. The number of rotatable bonds is 4. The van der Waals surface area contributed by atoms with Gasteiger partial charge in [0.25, 0.3) is 0 Å². The van der Waals surface area contributed by atoms with Gasteiger partial charge < -0.3 is 15.3 Å². The molecule has 2 rings (SSSR count). The van der Waals surface area contributed by atoms with Crippen molar-refractivity contribution in [1.82, 2.24) is 15.1 Å². The van der Waals surface area contributed by atoms with Crippen LogP contribution in [0.4, 0.5) is 4.79 Å². The molecule has 0 aromatic carbocycles. The van der Waals surface area contributed by atoms with Crippen LogP contribution in [0.5, 0.6) is 0 Å². The average molecular weight is 297 g/mol. The quantitative estimate of drug-likeness (QED) is 0.818. The van der Waals surface area contributed by atoms with Crippen LogP contribution in [-0.2, 0) is 4.79 Å². The second-order valence-corrected chi connectivity index (χ2v) is 7.32. The summed E-state index contributed by atoms with van der Waals surface area (Å²) in [5.74, 6) is -0.120. The van der Waals surface area contributed by atoms with Crippen LogP contribution in [0, 0.1) is 11.3 Å². The number of piperazine rings is 1. The van der Waals surface area contributed by atoms with Gasteiger partial charge in [-0.15, -0.1) is 0 Å². The molecule has 21 heavy (non-hydrogen) atoms. The summed E-state index contributed by atoms with van der Waals surface area (Å²) in [6, 6.07) is -1.13. The number of carboxylic acids is 1. The van der Waals surface area contributed by atoms with Crippen molar-refractivity contribution in [1.29, 1.82) is 0 Å². The molecule has 0 aromatic rings. The molecule has 1 heterocycles. The normalized spacial score (nSPS) is 22.0. The molecule has 0 bridgehead atoms. The number of nitrogens with zero attached hydrogens (tertiary/aromatic N) is 2. The van der Waals surface area contributed by atoms with E-state index in [2.05, 4.69) is 10.2 Å². The van der Waals surface area contributed by atoms with Gasteiger partial charge in [-0.05, 0) is 24.2 Å². The predicted molar refractivity (Wildman–Crippen MR) is 80.1 cm³/mol. The van der Waals surface area contributed by atoms with Crippen LogP contribution in [0.3, 0.4) is 0 Å². The summed E-state index contributed by atoms with van der Waals surface area (Å²) in [6.07, 6.45) is 2.68. The summed E-state index contributed by atoms with van der Waals surface area (Å²) >= 11 is 0. The Morgan fingerprint density at radius 3 is 2.19 bits per heavy atom. The van der Waals surface area contributed by atoms with Gasteiger partial charge in [0.15, 0.2) is 0 Å². The Kier molecular flexibility index (Phi) is 4.76. The Bertz CT molecular complexity index is 393. The highest BCUT2D eigenvalue weighted by molar-refractivity contribution is 5.83. The summed E-state index contributed by atoms with van der Waals surface area (Å²) in [4.78, 5) is 27.7. The number of carboxylic acid groups (broad SMARTS) is 1. The van der Waals surface area contributed by atoms with E-state index in [0.29, 0.717) is 13.1 Å². The maximum atomic E-state index is 12.2. The summed E-state index contributed by atoms with van der Waals surface area (Å²) in [6.45, 7) is 9.73. The van der Waals surface area contributed by atoms with Crippen molar-refractivity contribution in [3.8, 4) is 0 Å². The third-order valence-corrected chi connectivity index (χ3v) is 4.25. The minimum absolute atomic E-state index is 0.261. The maximum Gasteiger partial charge on any atom is 0.326 e. The zero-order valence-electron chi connectivity index (χ0n) is 13.3. The molecule has 1 atom stereocenters. The molecule has 6 nitrogen and oxygen atoms in total. The van der Waals surface area contributed by atoms with E-state index >= 15 is 0 Å². The second-order valence-electron chi connectivity index (χ2n) is 7.32. The molecule has 120 valence electrons. The SMILES string of the molecule is CC(C)(C)C(NC(=O)N1CCN(CC2CC2)CC1)C(=O)O. The van der Waals surface area contributed by atoms with Crippen molar-refractivity contribution in [3.63, 3.8) is 0 Å². The van der Waals surface area contributed by atoms with E-state index in [0.717, 1.165) is 25.6 Å². The van der Waals surface area contributed by atoms with Crippen molar-refractivity contribution in [2.75, 3.05) is 32.7 Å². The van der Waals surface area contributed by atoms with Crippen LogP contribution < -0.4 is 5.32 Å². The lowest BCUT2D eigenvalue weighted by Crippen LogP contribution is -2.57. The first-order chi connectivity index (χ1) is 9.77. The van der Waals surface area contributed by atoms with E-state index in [1.807, 2.05) is 20.8 Å². The molecule has 1 unspecified atom stereocenters. The zero-order chi connectivity index (χ0) is 15.6. The lowest BCUT2D eigenvalue weighted by Gasteiger charge is -2.36. The Balaban J connectivity index is 1.81. The van der Waals surface area contributed by atoms with Gasteiger partial charge in [0.1, 0.15) is 6.04 Å². The van der Waals surface area contributed by atoms with Crippen molar-refractivity contribution < 1.29 is 14.7 Å². The highest BCUT2D eigenvalue weighted by Gasteiger charge is 2.34. The second kappa shape index (κ2) is 6.22. The maximum absolute atomic E-state index is 12.2. The van der Waals surface area contributed by atoms with E-state index in [1.54, 1.807) is 4.90 Å². The van der Waals surface area contributed by atoms with Gasteiger partial charge in [0, 0.05) is 32.7 Å². The third kappa shape index (κ3) is 4.59. The summed E-state index contributed by atoms with van der Waals surface area (Å²) < 4.78 is 0. The van der Waals surface area contributed by atoms with Crippen molar-refractivity contribution in [2.24, 2.45) is 11.3 Å². The molecule has 1 aliphatic heterocycles. The molecular weight excluding hydrogens is 270 g/mol. The number of aliphatic carboxylic acids is 1. The first-order valence-corrected chi connectivity index (χ1v) is 7.78. The van der Waals surface area contributed by atoms with Crippen LogP contribution >= 0.6 is 0 Å². The number of hydrogen-bond acceptors (Lipinski definition) is 3. The standard InChI is InChI=1S/C15H27N3O3/c1-15(2,3)12(13(19)20)16-14(21)18-8-6-17(7-9-18)10-11-4-5-11/h11-12H,4-10H2,1-3H3,(H,16,21)(H,19,20). The van der Waals surface area contributed by atoms with E-state index in [-0.39, 0.29) is 6.03 Å². The molecule has 0 radical (unpaired) electrons. The predicted octanol–water partition coefficient (Wildman–Crippen LogP) is 1.22. The Morgan fingerprint density at radius 1 is 1.19 bits per heavy atom. The first-order valence-electron chi connectivity index (χ1n) is 7.78. The topological polar surface area (TPSA) is 72.9 Å². The van der Waals surface area contributed by atoms with Crippen molar-refractivity contribution in [2.45, 2.75) is 39.7 Å². The minimum Gasteiger partial charge on any atom is -0.480 e. The molecule has 2 N–H and O–H groups in total. The average Bonchev–Trinajstić information content (AvgIpc) is 3.18. The van der Waals surface area contributed by atoms with Crippen LogP contribution in [-0.4, -0.2) is 65.7 Å². The summed E-state index contributed by atoms with van der Waals surface area (Å²) in [7, 11) is 0. The third-order valence-electron chi connectivity index (χ3n) is 4.25. The van der Waals surface area contributed by atoms with E-state index in [4.69, 9.17) is 0 Å². The van der Waals surface area contributed by atoms with Crippen LogP contribution in [0.25, 0.3) is 0 Å². The number of urea groups is 1. The fourth-order valence-corrected chi connectivity index (χ4v) is 2.66. The van der Waals surface area contributed by atoms with Gasteiger partial charge in [-0.3, -0.25) is 4.90 Å². The molecule has 0 spiro atoms. The van der Waals surface area contributed by atoms with E-state index < -0.39 is 17.4 Å². The number of carbonyl (C=O) groups is 2. The molecule has 1 saturated carbocycles. The number of carbonyl (C=O) groups excluding carboxylic acids is 1. The van der Waals surface area contributed by atoms with Gasteiger partial charge >= 0.3 is 12.0 Å². The summed E-state index contributed by atoms with van der Waals surface area (Å²) in [5, 5.41) is 11.9. The summed E-state index contributed by atoms with van der Waals surface area (Å²) in [5.41, 5.74) is -0.505. The Hall–Kier alpha value is -1.30. The van der Waals surface area contributed by atoms with Gasteiger partial charge in [-0.1, -0.05) is 20.8 Å². The fraction of sp³-hybridized carbons (Fsp3) is 0.867. The van der Waals surface area contributed by atoms with Gasteiger partial charge in [-0.25, -0.2) is 9.59 Å². The largest absolute Gasteiger partial charge is 0.480 e. The van der Waals surface area contributed by atoms with Crippen LogP contribution in [0.15, 0.2) is 0 Å². The van der Waals surface area contributed by atoms with E-state index in [1.165, 1.54) is 12.8 Å². The van der Waals surface area contributed by atoms with Crippen molar-refractivity contribution >= 4 is 12.0 Å². The molecule has 6 heteroatoms. The molecular formula is C15H27N3O3. The number of hydrogen-bond donors (Lipinski definition) is 2. The monoisotopic (exact) mass is 297 g/mol. The highest BCUT2D eigenvalue weighted by Crippen LogP contribution is 2.29. The highest BCUT2D eigenvalue weighted by atomic mass is 16.4. The smallest absolute Gasteiger partial charge is 0.326 e. The van der Waals surface area contributed by atoms with Crippen LogP contribution in [0.1, 0.15) is 33.6 Å². The van der Waals surface area contributed by atoms with E-state index in [9.17, 15) is 14.7 Å². The Morgan fingerprint density at radius 2 is 1.76 bits per heavy atom. The molecule has 2 amide bonds. The molecule has 0 aromatic heterocycles. The van der Waals surface area contributed by atoms with Gasteiger partial charge in [-0.2, -0.15) is 0 Å². The molecule has 2 fully saturated rings. The fourth-order valence-electron chi connectivity index (χ4n) is 2.66. The van der Waals surface area contributed by atoms with Crippen LogP contribution in [0.2, 0.25) is 0 Å². The molecule has 1 saturated heterocycles. The van der Waals surface area contributed by atoms with Gasteiger partial charge in [0.2, 0.25) is 0 Å². The first kappa shape index (κ1) is 16.1. The molecule has 1 aliphatic carbocycles. The lowest BCUT2D eigenvalue weighted by molar-refractivity contribution is -0.142.